The fourth-order valence-electron chi connectivity index (χ4n) is 2.29. The number of amides is 4. The minimum absolute atomic E-state index is 0.0852. The van der Waals surface area contributed by atoms with Crippen molar-refractivity contribution >= 4 is 12.1 Å². The second-order valence-electron chi connectivity index (χ2n) is 4.18. The molecule has 0 bridgehead atoms. The zero-order chi connectivity index (χ0) is 11.7. The van der Waals surface area contributed by atoms with Crippen molar-refractivity contribution in [1.82, 2.24) is 20.4 Å². The lowest BCUT2D eigenvalue weighted by Gasteiger charge is -2.21. The van der Waals surface area contributed by atoms with E-state index in [2.05, 4.69) is 10.6 Å². The van der Waals surface area contributed by atoms with Gasteiger partial charge < -0.3 is 20.4 Å². The van der Waals surface area contributed by atoms with Crippen LogP contribution in [0, 0.1) is 0 Å². The molecule has 6 nitrogen and oxygen atoms in total. The molecule has 2 heterocycles. The van der Waals surface area contributed by atoms with Crippen LogP contribution in [0.2, 0.25) is 0 Å². The minimum Gasteiger partial charge on any atom is -0.314 e. The molecule has 0 unspecified atom stereocenters. The molecule has 2 aliphatic rings. The summed E-state index contributed by atoms with van der Waals surface area (Å²) in [5.41, 5.74) is 0. The molecule has 0 aromatic carbocycles. The van der Waals surface area contributed by atoms with Crippen molar-refractivity contribution in [3.63, 3.8) is 0 Å². The Kier molecular flexibility index (Phi) is 2.89. The summed E-state index contributed by atoms with van der Waals surface area (Å²) in [7, 11) is 0. The van der Waals surface area contributed by atoms with Crippen molar-refractivity contribution in [3.05, 3.63) is 0 Å². The number of nitrogens with zero attached hydrogens (tertiary/aromatic N) is 2. The lowest BCUT2D eigenvalue weighted by molar-refractivity contribution is 0.196. The summed E-state index contributed by atoms with van der Waals surface area (Å²) in [4.78, 5) is 26.7. The van der Waals surface area contributed by atoms with Crippen LogP contribution in [0.1, 0.15) is 26.7 Å². The molecule has 2 saturated heterocycles. The topological polar surface area (TPSA) is 64.7 Å². The molecule has 0 aromatic heterocycles. The van der Waals surface area contributed by atoms with Crippen molar-refractivity contribution in [1.29, 1.82) is 0 Å². The summed E-state index contributed by atoms with van der Waals surface area (Å²) in [6, 6.07) is -0.170. The van der Waals surface area contributed by atoms with Crippen molar-refractivity contribution in [2.45, 2.75) is 39.0 Å². The Morgan fingerprint density at radius 3 is 1.62 bits per heavy atom. The summed E-state index contributed by atoms with van der Waals surface area (Å²) in [6.07, 6.45) is 1.37. The van der Waals surface area contributed by atoms with Gasteiger partial charge in [0, 0.05) is 13.1 Å². The van der Waals surface area contributed by atoms with Gasteiger partial charge in [0.2, 0.25) is 0 Å². The maximum atomic E-state index is 11.7. The van der Waals surface area contributed by atoms with Crippen LogP contribution in [-0.4, -0.2) is 47.3 Å². The number of urea groups is 2. The summed E-state index contributed by atoms with van der Waals surface area (Å²) in [5.74, 6) is 0. The predicted molar refractivity (Wildman–Crippen MR) is 58.6 cm³/mol. The van der Waals surface area contributed by atoms with Gasteiger partial charge >= 0.3 is 12.1 Å². The summed E-state index contributed by atoms with van der Waals surface area (Å²) >= 11 is 0. The number of carbonyl (C=O) groups is 2. The van der Waals surface area contributed by atoms with Gasteiger partial charge in [-0.15, -0.1) is 0 Å². The number of hydrogen-bond donors (Lipinski definition) is 2. The quantitative estimate of drug-likeness (QED) is 0.733. The number of carbonyl (C=O) groups excluding carboxylic acids is 2. The molecule has 16 heavy (non-hydrogen) atoms. The first-order valence-electron chi connectivity index (χ1n) is 5.83. The van der Waals surface area contributed by atoms with Crippen LogP contribution in [0.15, 0.2) is 0 Å². The molecular formula is C10H18N4O2. The smallest absolute Gasteiger partial charge is 0.314 e. The zero-order valence-corrected chi connectivity index (χ0v) is 9.69. The van der Waals surface area contributed by atoms with Crippen LogP contribution in [0.25, 0.3) is 0 Å². The van der Waals surface area contributed by atoms with Gasteiger partial charge in [-0.25, -0.2) is 9.59 Å². The molecule has 0 spiro atoms. The molecule has 0 aliphatic carbocycles. The Balaban J connectivity index is 2.11. The molecule has 2 aliphatic heterocycles. The first-order valence-corrected chi connectivity index (χ1v) is 5.83. The van der Waals surface area contributed by atoms with Crippen LogP contribution in [0.4, 0.5) is 9.59 Å². The zero-order valence-electron chi connectivity index (χ0n) is 9.69. The third-order valence-electron chi connectivity index (χ3n) is 2.96. The molecular weight excluding hydrogens is 208 g/mol. The molecule has 0 aromatic rings. The third kappa shape index (κ3) is 1.58. The van der Waals surface area contributed by atoms with E-state index in [1.54, 1.807) is 9.80 Å². The second kappa shape index (κ2) is 4.19. The molecule has 2 atom stereocenters. The first-order chi connectivity index (χ1) is 7.69. The van der Waals surface area contributed by atoms with Crippen molar-refractivity contribution < 1.29 is 9.59 Å². The van der Waals surface area contributed by atoms with E-state index in [-0.39, 0.29) is 24.4 Å². The van der Waals surface area contributed by atoms with Gasteiger partial charge in [-0.2, -0.15) is 0 Å². The van der Waals surface area contributed by atoms with Gasteiger partial charge in [0.25, 0.3) is 0 Å². The fraction of sp³-hybridized carbons (Fsp3) is 0.800. The van der Waals surface area contributed by atoms with Gasteiger partial charge in [-0.05, 0) is 12.8 Å². The molecule has 6 heteroatoms. The third-order valence-corrected chi connectivity index (χ3v) is 2.96. The first kappa shape index (κ1) is 11.0. The van der Waals surface area contributed by atoms with Crippen LogP contribution >= 0.6 is 0 Å². The number of fused-ring (bicyclic) bond motifs is 1. The number of hydrogen-bond acceptors (Lipinski definition) is 2. The Morgan fingerprint density at radius 2 is 1.31 bits per heavy atom. The summed E-state index contributed by atoms with van der Waals surface area (Å²) in [6.45, 7) is 5.38. The lowest BCUT2D eigenvalue weighted by Crippen LogP contribution is -2.43. The normalized spacial score (nSPS) is 28.1. The second-order valence-corrected chi connectivity index (χ2v) is 4.18. The highest BCUT2D eigenvalue weighted by atomic mass is 16.2. The largest absolute Gasteiger partial charge is 0.320 e. The standard InChI is InChI=1S/C10H18N4O2/c1-3-5-13-7-8(12-9(13)15)14(6-4-2)10(16)11-7/h7-8H,3-6H2,1-2H3,(H,11,16)(H,12,15)/t7-,8-/m0/s1. The highest BCUT2D eigenvalue weighted by molar-refractivity contribution is 5.84. The molecule has 2 fully saturated rings. The van der Waals surface area contributed by atoms with Crippen molar-refractivity contribution in [2.75, 3.05) is 13.1 Å². The van der Waals surface area contributed by atoms with E-state index in [9.17, 15) is 9.59 Å². The van der Waals surface area contributed by atoms with Gasteiger partial charge in [-0.1, -0.05) is 13.8 Å². The van der Waals surface area contributed by atoms with Crippen LogP contribution < -0.4 is 10.6 Å². The average Bonchev–Trinajstić information content (AvgIpc) is 2.69. The monoisotopic (exact) mass is 226 g/mol. The summed E-state index contributed by atoms with van der Waals surface area (Å²) in [5, 5.41) is 5.69. The Bertz CT molecular complexity index is 277. The molecule has 90 valence electrons. The van der Waals surface area contributed by atoms with Crippen LogP contribution in [-0.2, 0) is 0 Å². The van der Waals surface area contributed by atoms with E-state index in [0.29, 0.717) is 13.1 Å². The van der Waals surface area contributed by atoms with Crippen molar-refractivity contribution in [3.8, 4) is 0 Å². The highest BCUT2D eigenvalue weighted by Crippen LogP contribution is 2.21. The van der Waals surface area contributed by atoms with E-state index < -0.39 is 0 Å². The number of rotatable bonds is 4. The van der Waals surface area contributed by atoms with Gasteiger partial charge in [0.1, 0.15) is 12.3 Å². The van der Waals surface area contributed by atoms with E-state index in [4.69, 9.17) is 0 Å². The molecule has 0 radical (unpaired) electrons. The Labute approximate surface area is 95.0 Å². The average molecular weight is 226 g/mol. The van der Waals surface area contributed by atoms with Gasteiger partial charge in [0.15, 0.2) is 0 Å². The Hall–Kier alpha value is -1.46. The SMILES string of the molecule is CCCN1C(=O)N[C@@H]2[C@H]1NC(=O)N2CCC. The minimum atomic E-state index is -0.202. The highest BCUT2D eigenvalue weighted by Gasteiger charge is 2.49. The van der Waals surface area contributed by atoms with E-state index in [1.807, 2.05) is 13.8 Å². The molecule has 4 amide bonds. The van der Waals surface area contributed by atoms with Gasteiger partial charge in [-0.3, -0.25) is 0 Å². The maximum absolute atomic E-state index is 11.7. The van der Waals surface area contributed by atoms with E-state index in [0.717, 1.165) is 12.8 Å². The molecule has 2 rings (SSSR count). The summed E-state index contributed by atoms with van der Waals surface area (Å²) < 4.78 is 0. The molecule has 0 saturated carbocycles. The number of nitrogens with one attached hydrogen (secondary N) is 2. The Morgan fingerprint density at radius 1 is 0.938 bits per heavy atom. The lowest BCUT2D eigenvalue weighted by atomic mass is 10.3. The maximum Gasteiger partial charge on any atom is 0.320 e. The van der Waals surface area contributed by atoms with Gasteiger partial charge in [0.05, 0.1) is 0 Å². The van der Waals surface area contributed by atoms with Crippen LogP contribution in [0.3, 0.4) is 0 Å². The molecule has 2 N–H and O–H groups in total. The van der Waals surface area contributed by atoms with Crippen molar-refractivity contribution in [2.24, 2.45) is 0 Å². The fourth-order valence-corrected chi connectivity index (χ4v) is 2.29. The predicted octanol–water partition coefficient (Wildman–Crippen LogP) is 0.509. The van der Waals surface area contributed by atoms with E-state index >= 15 is 0 Å². The van der Waals surface area contributed by atoms with Crippen LogP contribution in [0.5, 0.6) is 0 Å². The van der Waals surface area contributed by atoms with E-state index in [1.165, 1.54) is 0 Å².